The molecule has 0 bridgehead atoms. The number of alkyl halides is 1. The van der Waals surface area contributed by atoms with Crippen LogP contribution in [0.25, 0.3) is 0 Å². The molecule has 4 fully saturated rings. The highest BCUT2D eigenvalue weighted by molar-refractivity contribution is 6.18. The molecule has 272 valence electrons. The Kier molecular flexibility index (Phi) is 9.23. The van der Waals surface area contributed by atoms with Crippen LogP contribution in [0.15, 0.2) is 11.1 Å². The van der Waals surface area contributed by atoms with Gasteiger partial charge < -0.3 is 45.2 Å². The molecule has 6 rings (SSSR count). The van der Waals surface area contributed by atoms with Crippen molar-refractivity contribution in [3.8, 4) is 0 Å². The number of allylic oxidation sites excluding steroid dienone is 2. The van der Waals surface area contributed by atoms with Gasteiger partial charge in [-0.05, 0) is 105 Å². The number of ether oxygens (including phenoxy) is 2. The zero-order chi connectivity index (χ0) is 35.4. The fourth-order valence-electron chi connectivity index (χ4n) is 12.1. The number of hydrogen-bond donors (Lipinski definition) is 7. The fourth-order valence-corrected chi connectivity index (χ4v) is 12.4. The van der Waals surface area contributed by atoms with Gasteiger partial charge in [-0.1, -0.05) is 38.8 Å². The molecular formula is C36H55ClO11. The van der Waals surface area contributed by atoms with Crippen molar-refractivity contribution in [2.75, 3.05) is 12.5 Å². The van der Waals surface area contributed by atoms with Crippen LogP contribution >= 0.6 is 11.6 Å². The maximum atomic E-state index is 13.4. The summed E-state index contributed by atoms with van der Waals surface area (Å²) in [4.78, 5) is 26.4. The van der Waals surface area contributed by atoms with Gasteiger partial charge in [0.05, 0.1) is 23.5 Å². The van der Waals surface area contributed by atoms with Crippen molar-refractivity contribution in [2.24, 2.45) is 50.7 Å². The molecule has 0 spiro atoms. The molecule has 1 heterocycles. The fraction of sp³-hybridized carbons (Fsp3) is 0.889. The number of fused-ring (bicyclic) bond motifs is 6. The van der Waals surface area contributed by atoms with Crippen molar-refractivity contribution in [2.45, 2.75) is 135 Å². The van der Waals surface area contributed by atoms with Gasteiger partial charge in [-0.3, -0.25) is 9.59 Å². The highest BCUT2D eigenvalue weighted by Gasteiger charge is 2.70. The van der Waals surface area contributed by atoms with Crippen LogP contribution in [0.3, 0.4) is 0 Å². The summed E-state index contributed by atoms with van der Waals surface area (Å²) in [7, 11) is 0. The number of aliphatic carboxylic acids is 2. The molecule has 7 N–H and O–H groups in total. The van der Waals surface area contributed by atoms with E-state index in [1.165, 1.54) is 11.1 Å². The highest BCUT2D eigenvalue weighted by Crippen LogP contribution is 2.72. The van der Waals surface area contributed by atoms with E-state index in [0.717, 1.165) is 12.8 Å². The molecule has 15 atom stereocenters. The quantitative estimate of drug-likeness (QED) is 0.122. The Balaban J connectivity index is 1.39. The molecule has 0 aromatic heterocycles. The van der Waals surface area contributed by atoms with E-state index in [2.05, 4.69) is 27.7 Å². The number of aliphatic hydroxyl groups is 5. The third-order valence-electron chi connectivity index (χ3n) is 14.7. The average Bonchev–Trinajstić information content (AvgIpc) is 3.01. The summed E-state index contributed by atoms with van der Waals surface area (Å²) in [5.74, 6) is -2.21. The van der Waals surface area contributed by atoms with Gasteiger partial charge in [0.1, 0.15) is 30.5 Å². The molecule has 5 aliphatic carbocycles. The van der Waals surface area contributed by atoms with Gasteiger partial charge >= 0.3 is 11.9 Å². The topological polar surface area (TPSA) is 194 Å². The summed E-state index contributed by atoms with van der Waals surface area (Å²) in [6.07, 6.45) is -4.85. The van der Waals surface area contributed by atoms with Gasteiger partial charge in [-0.15, -0.1) is 11.6 Å². The first-order valence-corrected chi connectivity index (χ1v) is 18.3. The Morgan fingerprint density at radius 3 is 2.19 bits per heavy atom. The second kappa shape index (κ2) is 12.1. The third-order valence-corrected chi connectivity index (χ3v) is 15.1. The van der Waals surface area contributed by atoms with E-state index in [1.54, 1.807) is 6.92 Å². The van der Waals surface area contributed by atoms with E-state index >= 15 is 0 Å². The van der Waals surface area contributed by atoms with Crippen LogP contribution in [0, 0.1) is 50.7 Å². The second-order valence-corrected chi connectivity index (χ2v) is 17.9. The van der Waals surface area contributed by atoms with Crippen molar-refractivity contribution in [3.63, 3.8) is 0 Å². The molecule has 6 aliphatic rings. The zero-order valence-electron chi connectivity index (χ0n) is 28.8. The molecule has 12 heteroatoms. The van der Waals surface area contributed by atoms with Crippen molar-refractivity contribution in [1.29, 1.82) is 0 Å². The molecule has 11 nitrogen and oxygen atoms in total. The van der Waals surface area contributed by atoms with Crippen LogP contribution in [0.2, 0.25) is 0 Å². The lowest BCUT2D eigenvalue weighted by Crippen LogP contribution is -2.69. The lowest BCUT2D eigenvalue weighted by atomic mass is 9.37. The van der Waals surface area contributed by atoms with Crippen molar-refractivity contribution >= 4 is 23.5 Å². The van der Waals surface area contributed by atoms with E-state index in [9.17, 15) is 45.3 Å². The first-order valence-electron chi connectivity index (χ1n) is 17.7. The number of carboxylic acid groups (broad SMARTS) is 2. The Hall–Kier alpha value is -1.31. The molecule has 1 saturated heterocycles. The molecule has 1 aliphatic heterocycles. The van der Waals surface area contributed by atoms with E-state index in [4.69, 9.17) is 21.1 Å². The standard InChI is InChI=1S/C36H55ClO11/c1-32(2)10-11-36(31(45)46)9-6-18-24(19(36)13-32)17(15-37)12-23-33(18,3)8-7-22-34(23,4)14-20(39)28(35(22,5)30(43)44)48-29-27(42)26(41)25(40)21(16-38)47-29/h17,19-23,25-29,38-42H,6-16H2,1-5H3,(H,43,44)(H,45,46)/t17-,19-,20+,21-,22+,23-,25-,26+,27-,28-,29+,33-,34-,35-,36+/m1/s1. The number of halogens is 1. The Morgan fingerprint density at radius 2 is 1.58 bits per heavy atom. The predicted octanol–water partition coefficient (Wildman–Crippen LogP) is 3.31. The van der Waals surface area contributed by atoms with E-state index in [1.807, 2.05) is 0 Å². The van der Waals surface area contributed by atoms with Gasteiger partial charge in [0.15, 0.2) is 6.29 Å². The maximum absolute atomic E-state index is 13.4. The normalized spacial score (nSPS) is 51.6. The number of carbonyl (C=O) groups is 2. The first kappa shape index (κ1) is 36.5. The highest BCUT2D eigenvalue weighted by atomic mass is 35.5. The largest absolute Gasteiger partial charge is 0.481 e. The summed E-state index contributed by atoms with van der Waals surface area (Å²) in [6, 6.07) is 0. The summed E-state index contributed by atoms with van der Waals surface area (Å²) in [5.41, 5.74) is -0.894. The van der Waals surface area contributed by atoms with Gasteiger partial charge in [0.2, 0.25) is 0 Å². The minimum absolute atomic E-state index is 0.00403. The average molecular weight is 699 g/mol. The van der Waals surface area contributed by atoms with Gasteiger partial charge in [-0.2, -0.15) is 0 Å². The van der Waals surface area contributed by atoms with Gasteiger partial charge in [0, 0.05) is 5.88 Å². The summed E-state index contributed by atoms with van der Waals surface area (Å²) in [6.45, 7) is 9.71. The van der Waals surface area contributed by atoms with Gasteiger partial charge in [0.25, 0.3) is 0 Å². The smallest absolute Gasteiger partial charge is 0.312 e. The molecule has 0 radical (unpaired) electrons. The summed E-state index contributed by atoms with van der Waals surface area (Å²) in [5, 5.41) is 74.5. The molecule has 0 aromatic rings. The van der Waals surface area contributed by atoms with Crippen LogP contribution < -0.4 is 0 Å². The van der Waals surface area contributed by atoms with Crippen LogP contribution in [0.4, 0.5) is 0 Å². The van der Waals surface area contributed by atoms with Crippen LogP contribution in [0.1, 0.15) is 92.4 Å². The van der Waals surface area contributed by atoms with Crippen molar-refractivity contribution < 1.29 is 54.8 Å². The second-order valence-electron chi connectivity index (χ2n) is 17.6. The minimum Gasteiger partial charge on any atom is -0.481 e. The zero-order valence-corrected chi connectivity index (χ0v) is 29.5. The predicted molar refractivity (Wildman–Crippen MR) is 174 cm³/mol. The monoisotopic (exact) mass is 698 g/mol. The minimum atomic E-state index is -1.74. The van der Waals surface area contributed by atoms with Crippen LogP contribution in [-0.2, 0) is 19.1 Å². The maximum Gasteiger partial charge on any atom is 0.312 e. The lowest BCUT2D eigenvalue weighted by molar-refractivity contribution is -0.339. The number of carboxylic acids is 2. The Labute approximate surface area is 287 Å². The molecule has 0 amide bonds. The van der Waals surface area contributed by atoms with Gasteiger partial charge in [-0.25, -0.2) is 0 Å². The molecule has 0 unspecified atom stereocenters. The van der Waals surface area contributed by atoms with Crippen LogP contribution in [-0.4, -0.2) is 103 Å². The number of aliphatic hydroxyl groups excluding tert-OH is 5. The van der Waals surface area contributed by atoms with Crippen molar-refractivity contribution in [1.82, 2.24) is 0 Å². The van der Waals surface area contributed by atoms with Crippen molar-refractivity contribution in [3.05, 3.63) is 11.1 Å². The number of rotatable bonds is 6. The molecule has 3 saturated carbocycles. The Bertz CT molecular complexity index is 1330. The van der Waals surface area contributed by atoms with Crippen LogP contribution in [0.5, 0.6) is 0 Å². The summed E-state index contributed by atoms with van der Waals surface area (Å²) < 4.78 is 11.7. The van der Waals surface area contributed by atoms with E-state index in [0.29, 0.717) is 44.4 Å². The molecule has 0 aromatic carbocycles. The molecule has 48 heavy (non-hydrogen) atoms. The van der Waals surface area contributed by atoms with E-state index < -0.39 is 83.6 Å². The van der Waals surface area contributed by atoms with E-state index in [-0.39, 0.29) is 35.0 Å². The Morgan fingerprint density at radius 1 is 0.896 bits per heavy atom. The first-order chi connectivity index (χ1) is 22.3. The summed E-state index contributed by atoms with van der Waals surface area (Å²) >= 11 is 6.81. The lowest BCUT2D eigenvalue weighted by Gasteiger charge is -2.68. The SMILES string of the molecule is CC1(C)CC[C@@]2(C(=O)O)CCC3=C([C@@H](CCl)C[C@H]4[C@]5(C)C[C@H](O)[C@@H](O[C@@H]6O[C@H](CO)[C@@H](O)[C@H](O)[C@H]6O)[C@](C)(C(=O)O)[C@H]5CC[C@]34C)[C@H]2C1. The number of hydrogen-bond acceptors (Lipinski definition) is 9. The molecular weight excluding hydrogens is 644 g/mol. The third kappa shape index (κ3) is 5.07.